The smallest absolute Gasteiger partial charge is 0.328 e. The van der Waals surface area contributed by atoms with Crippen molar-refractivity contribution in [3.05, 3.63) is 71.0 Å². The fourth-order valence-corrected chi connectivity index (χ4v) is 4.51. The van der Waals surface area contributed by atoms with E-state index in [1.807, 2.05) is 24.3 Å². The zero-order valence-electron chi connectivity index (χ0n) is 15.9. The molecule has 0 spiro atoms. The van der Waals surface area contributed by atoms with E-state index in [9.17, 15) is 8.96 Å². The molecule has 0 unspecified atom stereocenters. The van der Waals surface area contributed by atoms with Crippen molar-refractivity contribution in [2.75, 3.05) is 0 Å². The van der Waals surface area contributed by atoms with E-state index < -0.39 is 7.60 Å². The molecule has 0 heterocycles. The third-order valence-corrected chi connectivity index (χ3v) is 6.13. The molecule has 2 aromatic rings. The lowest BCUT2D eigenvalue weighted by atomic mass is 9.90. The zero-order valence-corrected chi connectivity index (χ0v) is 16.8. The molecule has 2 aromatic carbocycles. The van der Waals surface area contributed by atoms with Crippen LogP contribution in [-0.4, -0.2) is 26.8 Å². The Hall–Kier alpha value is -1.56. The summed E-state index contributed by atoms with van der Waals surface area (Å²) < 4.78 is 24.4. The van der Waals surface area contributed by atoms with Gasteiger partial charge in [0.2, 0.25) is 0 Å². The Kier molecular flexibility index (Phi) is 7.02. The molecule has 28 heavy (non-hydrogen) atoms. The van der Waals surface area contributed by atoms with E-state index in [1.54, 1.807) is 12.1 Å². The van der Waals surface area contributed by atoms with Gasteiger partial charge in [0.15, 0.2) is 0 Å². The Morgan fingerprint density at radius 2 is 1.36 bits per heavy atom. The molecule has 1 aliphatic carbocycles. The van der Waals surface area contributed by atoms with Crippen molar-refractivity contribution in [3.63, 3.8) is 0 Å². The van der Waals surface area contributed by atoms with Gasteiger partial charge in [0.05, 0.1) is 6.16 Å². The number of halogens is 1. The molecule has 152 valence electrons. The van der Waals surface area contributed by atoms with Crippen LogP contribution in [0.4, 0.5) is 4.39 Å². The standard InChI is InChI=1S/C21H28FN2O3P/c22-19-7-5-17(6-8-19)14-24(21-11-9-20(23)10-12-21)13-16-1-3-18(4-2-16)15-28(25,26)27/h1-8,20-21H,9-15,23H2,(H2,25,26,27). The second kappa shape index (κ2) is 9.29. The van der Waals surface area contributed by atoms with Crippen molar-refractivity contribution >= 4 is 7.60 Å². The molecule has 0 aliphatic heterocycles. The van der Waals surface area contributed by atoms with E-state index in [0.717, 1.165) is 49.9 Å². The average molecular weight is 406 g/mol. The highest BCUT2D eigenvalue weighted by molar-refractivity contribution is 7.50. The predicted molar refractivity (Wildman–Crippen MR) is 108 cm³/mol. The van der Waals surface area contributed by atoms with Crippen LogP contribution >= 0.6 is 7.60 Å². The summed E-state index contributed by atoms with van der Waals surface area (Å²) in [5, 5.41) is 0. The molecule has 0 bridgehead atoms. The van der Waals surface area contributed by atoms with Gasteiger partial charge in [-0.15, -0.1) is 0 Å². The van der Waals surface area contributed by atoms with Gasteiger partial charge in [0.1, 0.15) is 5.82 Å². The van der Waals surface area contributed by atoms with Crippen molar-refractivity contribution in [2.45, 2.75) is 57.0 Å². The molecular weight excluding hydrogens is 378 g/mol. The number of rotatable bonds is 7. The van der Waals surface area contributed by atoms with Gasteiger partial charge >= 0.3 is 7.60 Å². The molecule has 0 aromatic heterocycles. The molecule has 1 saturated carbocycles. The summed E-state index contributed by atoms with van der Waals surface area (Å²) >= 11 is 0. The molecule has 1 fully saturated rings. The Balaban J connectivity index is 1.72. The topological polar surface area (TPSA) is 86.8 Å². The number of nitrogens with two attached hydrogens (primary N) is 1. The van der Waals surface area contributed by atoms with Crippen LogP contribution in [-0.2, 0) is 23.8 Å². The molecule has 7 heteroatoms. The number of benzene rings is 2. The van der Waals surface area contributed by atoms with Crippen LogP contribution in [0.1, 0.15) is 42.4 Å². The monoisotopic (exact) mass is 406 g/mol. The summed E-state index contributed by atoms with van der Waals surface area (Å²) in [6.07, 6.45) is 3.85. The van der Waals surface area contributed by atoms with E-state index in [4.69, 9.17) is 15.5 Å². The maximum Gasteiger partial charge on any atom is 0.329 e. The summed E-state index contributed by atoms with van der Waals surface area (Å²) in [5.74, 6) is -0.236. The van der Waals surface area contributed by atoms with Crippen LogP contribution in [0, 0.1) is 5.82 Å². The summed E-state index contributed by atoms with van der Waals surface area (Å²) in [5.41, 5.74) is 8.85. The quantitative estimate of drug-likeness (QED) is 0.610. The van der Waals surface area contributed by atoms with Gasteiger partial charge in [-0.2, -0.15) is 0 Å². The highest BCUT2D eigenvalue weighted by Crippen LogP contribution is 2.39. The normalized spacial score (nSPS) is 20.5. The molecular formula is C21H28FN2O3P. The first-order chi connectivity index (χ1) is 13.3. The van der Waals surface area contributed by atoms with Gasteiger partial charge in [-0.3, -0.25) is 9.46 Å². The van der Waals surface area contributed by atoms with Crippen molar-refractivity contribution in [1.82, 2.24) is 4.90 Å². The number of hydrogen-bond donors (Lipinski definition) is 3. The van der Waals surface area contributed by atoms with Crippen LogP contribution in [0.2, 0.25) is 0 Å². The van der Waals surface area contributed by atoms with Crippen molar-refractivity contribution in [1.29, 1.82) is 0 Å². The zero-order chi connectivity index (χ0) is 20.1. The summed E-state index contributed by atoms with van der Waals surface area (Å²) in [4.78, 5) is 20.7. The molecule has 0 radical (unpaired) electrons. The first kappa shape index (κ1) is 21.2. The van der Waals surface area contributed by atoms with Crippen LogP contribution in [0.25, 0.3) is 0 Å². The van der Waals surface area contributed by atoms with Gasteiger partial charge in [-0.25, -0.2) is 4.39 Å². The van der Waals surface area contributed by atoms with Crippen LogP contribution < -0.4 is 5.73 Å². The lowest BCUT2D eigenvalue weighted by Gasteiger charge is -2.36. The largest absolute Gasteiger partial charge is 0.329 e. The van der Waals surface area contributed by atoms with Crippen LogP contribution in [0.5, 0.6) is 0 Å². The van der Waals surface area contributed by atoms with Gasteiger partial charge < -0.3 is 15.5 Å². The van der Waals surface area contributed by atoms with Gasteiger partial charge in [0, 0.05) is 25.2 Å². The van der Waals surface area contributed by atoms with Gasteiger partial charge in [-0.1, -0.05) is 36.4 Å². The highest BCUT2D eigenvalue weighted by atomic mass is 31.2. The van der Waals surface area contributed by atoms with E-state index >= 15 is 0 Å². The first-order valence-electron chi connectivity index (χ1n) is 9.65. The second-order valence-corrected chi connectivity index (χ2v) is 9.38. The Labute approximate surface area is 165 Å². The van der Waals surface area contributed by atoms with Gasteiger partial charge in [0.25, 0.3) is 0 Å². The Morgan fingerprint density at radius 1 is 0.893 bits per heavy atom. The van der Waals surface area contributed by atoms with E-state index in [0.29, 0.717) is 11.6 Å². The third kappa shape index (κ3) is 6.50. The van der Waals surface area contributed by atoms with Crippen LogP contribution in [0.15, 0.2) is 48.5 Å². The Morgan fingerprint density at radius 3 is 1.86 bits per heavy atom. The summed E-state index contributed by atoms with van der Waals surface area (Å²) in [6.45, 7) is 1.46. The highest BCUT2D eigenvalue weighted by Gasteiger charge is 2.24. The maximum absolute atomic E-state index is 13.2. The molecule has 4 N–H and O–H groups in total. The SMILES string of the molecule is NC1CCC(N(Cc2ccc(F)cc2)Cc2ccc(CP(=O)(O)O)cc2)CC1. The molecule has 0 atom stereocenters. The maximum atomic E-state index is 13.2. The molecule has 0 saturated heterocycles. The fraction of sp³-hybridized carbons (Fsp3) is 0.429. The van der Waals surface area contributed by atoms with Gasteiger partial charge in [-0.05, 0) is 54.5 Å². The first-order valence-corrected chi connectivity index (χ1v) is 11.4. The molecule has 5 nitrogen and oxygen atoms in total. The lowest BCUT2D eigenvalue weighted by molar-refractivity contribution is 0.134. The van der Waals surface area contributed by atoms with Crippen molar-refractivity contribution in [3.8, 4) is 0 Å². The van der Waals surface area contributed by atoms with Crippen molar-refractivity contribution < 1.29 is 18.7 Å². The number of hydrogen-bond acceptors (Lipinski definition) is 3. The van der Waals surface area contributed by atoms with Crippen molar-refractivity contribution in [2.24, 2.45) is 5.73 Å². The van der Waals surface area contributed by atoms with E-state index in [2.05, 4.69) is 4.90 Å². The number of nitrogens with zero attached hydrogens (tertiary/aromatic N) is 1. The minimum absolute atomic E-state index is 0.236. The minimum atomic E-state index is -4.06. The molecule has 1 aliphatic rings. The lowest BCUT2D eigenvalue weighted by Crippen LogP contribution is -2.40. The van der Waals surface area contributed by atoms with E-state index in [1.165, 1.54) is 12.1 Å². The second-order valence-electron chi connectivity index (χ2n) is 7.74. The fourth-order valence-electron chi connectivity index (χ4n) is 3.83. The Bertz CT molecular complexity index is 799. The summed E-state index contributed by atoms with van der Waals surface area (Å²) in [6, 6.07) is 14.7. The third-order valence-electron chi connectivity index (χ3n) is 5.35. The molecule has 3 rings (SSSR count). The van der Waals surface area contributed by atoms with E-state index in [-0.39, 0.29) is 18.0 Å². The average Bonchev–Trinajstić information content (AvgIpc) is 2.64. The molecule has 0 amide bonds. The predicted octanol–water partition coefficient (Wildman–Crippen LogP) is 3.78. The van der Waals surface area contributed by atoms with Crippen LogP contribution in [0.3, 0.4) is 0 Å². The summed E-state index contributed by atoms with van der Waals surface area (Å²) in [7, 11) is -4.06. The minimum Gasteiger partial charge on any atom is -0.328 e.